The van der Waals surface area contributed by atoms with Crippen LogP contribution in [0.15, 0.2) is 67.0 Å². The third-order valence-corrected chi connectivity index (χ3v) is 4.97. The van der Waals surface area contributed by atoms with E-state index in [0.717, 1.165) is 44.1 Å². The lowest BCUT2D eigenvalue weighted by atomic mass is 10.1. The van der Waals surface area contributed by atoms with Gasteiger partial charge in [0.2, 0.25) is 5.78 Å². The van der Waals surface area contributed by atoms with Crippen LogP contribution in [0.2, 0.25) is 0 Å². The molecule has 1 aromatic carbocycles. The number of carbonyl (C=O) groups is 1. The molecular weight excluding hydrogens is 362 g/mol. The smallest absolute Gasteiger partial charge is 0.213 e. The second-order valence-corrected chi connectivity index (χ2v) is 7.10. The fraction of sp³-hybridized carbons (Fsp3) is 0.261. The van der Waals surface area contributed by atoms with E-state index in [-0.39, 0.29) is 5.78 Å². The number of nitrogens with zero attached hydrogens (tertiary/aromatic N) is 3. The molecule has 29 heavy (non-hydrogen) atoms. The fourth-order valence-corrected chi connectivity index (χ4v) is 3.41. The van der Waals surface area contributed by atoms with Gasteiger partial charge >= 0.3 is 0 Å². The molecule has 1 aliphatic rings. The molecule has 0 atom stereocenters. The highest BCUT2D eigenvalue weighted by molar-refractivity contribution is 6.08. The van der Waals surface area contributed by atoms with Crippen LogP contribution in [0.4, 0.5) is 11.5 Å². The van der Waals surface area contributed by atoms with E-state index in [1.807, 2.05) is 36.4 Å². The number of pyridine rings is 2. The third-order valence-electron chi connectivity index (χ3n) is 4.97. The summed E-state index contributed by atoms with van der Waals surface area (Å²) < 4.78 is 0. The van der Waals surface area contributed by atoms with Gasteiger partial charge in [-0.1, -0.05) is 36.4 Å². The van der Waals surface area contributed by atoms with Gasteiger partial charge in [-0.2, -0.15) is 0 Å². The minimum absolute atomic E-state index is 0.115. The van der Waals surface area contributed by atoms with Crippen molar-refractivity contribution in [2.24, 2.45) is 0 Å². The number of aromatic nitrogens is 2. The average Bonchev–Trinajstić information content (AvgIpc) is 3.08. The first kappa shape index (κ1) is 19.1. The number of nitrogens with one attached hydrogen (secondary N) is 2. The Kier molecular flexibility index (Phi) is 6.12. The van der Waals surface area contributed by atoms with Crippen molar-refractivity contribution in [2.45, 2.75) is 13.0 Å². The molecule has 6 nitrogen and oxygen atoms in total. The molecule has 1 saturated heterocycles. The predicted molar refractivity (Wildman–Crippen MR) is 115 cm³/mol. The molecule has 4 rings (SSSR count). The maximum Gasteiger partial charge on any atom is 0.213 e. The van der Waals surface area contributed by atoms with Crippen LogP contribution in [0.5, 0.6) is 0 Å². The predicted octanol–water partition coefficient (Wildman–Crippen LogP) is 3.12. The summed E-state index contributed by atoms with van der Waals surface area (Å²) in [6.45, 7) is 4.46. The molecule has 3 aromatic rings. The lowest BCUT2D eigenvalue weighted by Crippen LogP contribution is -2.28. The van der Waals surface area contributed by atoms with Crippen LogP contribution in [0.3, 0.4) is 0 Å². The van der Waals surface area contributed by atoms with Gasteiger partial charge in [0, 0.05) is 44.1 Å². The SMILES string of the molecule is O=C(c1cncc(NCc2ccccc2)c1)c1cccc(N2CCCNCC2)n1. The van der Waals surface area contributed by atoms with Crippen LogP contribution in [0.25, 0.3) is 0 Å². The third kappa shape index (κ3) is 4.97. The van der Waals surface area contributed by atoms with E-state index in [4.69, 9.17) is 0 Å². The Hall–Kier alpha value is -3.25. The number of hydrogen-bond acceptors (Lipinski definition) is 6. The van der Waals surface area contributed by atoms with Crippen molar-refractivity contribution in [3.63, 3.8) is 0 Å². The summed E-state index contributed by atoms with van der Waals surface area (Å²) in [5.41, 5.74) is 2.96. The minimum Gasteiger partial charge on any atom is -0.380 e. The zero-order valence-corrected chi connectivity index (χ0v) is 16.3. The summed E-state index contributed by atoms with van der Waals surface area (Å²) in [6.07, 6.45) is 4.40. The molecule has 0 amide bonds. The average molecular weight is 387 g/mol. The molecule has 0 radical (unpaired) electrons. The Balaban J connectivity index is 1.48. The van der Waals surface area contributed by atoms with Crippen LogP contribution in [0.1, 0.15) is 28.0 Å². The highest BCUT2D eigenvalue weighted by Gasteiger charge is 2.15. The molecule has 2 N–H and O–H groups in total. The number of rotatable bonds is 6. The molecule has 0 bridgehead atoms. The molecule has 0 saturated carbocycles. The number of benzene rings is 1. The van der Waals surface area contributed by atoms with Crippen molar-refractivity contribution in [3.05, 3.63) is 83.8 Å². The number of hydrogen-bond donors (Lipinski definition) is 2. The topological polar surface area (TPSA) is 70.2 Å². The minimum atomic E-state index is -0.115. The van der Waals surface area contributed by atoms with E-state index in [1.54, 1.807) is 18.5 Å². The van der Waals surface area contributed by atoms with Crippen molar-refractivity contribution in [1.82, 2.24) is 15.3 Å². The maximum atomic E-state index is 13.0. The Morgan fingerprint density at radius 2 is 1.93 bits per heavy atom. The molecule has 0 aliphatic carbocycles. The van der Waals surface area contributed by atoms with E-state index in [1.165, 1.54) is 5.56 Å². The molecule has 0 unspecified atom stereocenters. The number of ketones is 1. The molecule has 1 fully saturated rings. The Labute approximate surface area is 171 Å². The van der Waals surface area contributed by atoms with Crippen LogP contribution >= 0.6 is 0 Å². The highest BCUT2D eigenvalue weighted by Crippen LogP contribution is 2.17. The summed E-state index contributed by atoms with van der Waals surface area (Å²) in [6, 6.07) is 17.6. The van der Waals surface area contributed by atoms with Crippen molar-refractivity contribution >= 4 is 17.3 Å². The number of carbonyl (C=O) groups excluding carboxylic acids is 1. The second-order valence-electron chi connectivity index (χ2n) is 7.10. The molecule has 0 spiro atoms. The second kappa shape index (κ2) is 9.30. The largest absolute Gasteiger partial charge is 0.380 e. The maximum absolute atomic E-state index is 13.0. The summed E-state index contributed by atoms with van der Waals surface area (Å²) in [4.78, 5) is 24.1. The standard InChI is InChI=1S/C23H25N5O/c29-23(21-8-4-9-22(27-21)28-12-5-10-24-11-13-28)19-14-20(17-25-16-19)26-15-18-6-2-1-3-7-18/h1-4,6-9,14,16-17,24,26H,5,10-13,15H2. The van der Waals surface area contributed by atoms with Crippen LogP contribution in [0, 0.1) is 0 Å². The van der Waals surface area contributed by atoms with E-state index in [9.17, 15) is 4.79 Å². The highest BCUT2D eigenvalue weighted by atomic mass is 16.1. The molecule has 1 aliphatic heterocycles. The van der Waals surface area contributed by atoms with Crippen LogP contribution in [-0.4, -0.2) is 41.9 Å². The van der Waals surface area contributed by atoms with E-state index in [0.29, 0.717) is 17.8 Å². The van der Waals surface area contributed by atoms with Crippen molar-refractivity contribution in [3.8, 4) is 0 Å². The Morgan fingerprint density at radius 1 is 1.03 bits per heavy atom. The van der Waals surface area contributed by atoms with E-state index < -0.39 is 0 Å². The van der Waals surface area contributed by atoms with Gasteiger partial charge in [0.05, 0.1) is 5.69 Å². The number of anilines is 2. The summed E-state index contributed by atoms with van der Waals surface area (Å²) in [5.74, 6) is 0.738. The van der Waals surface area contributed by atoms with Gasteiger partial charge in [0.25, 0.3) is 0 Å². The zero-order chi connectivity index (χ0) is 19.9. The van der Waals surface area contributed by atoms with E-state index >= 15 is 0 Å². The van der Waals surface area contributed by atoms with E-state index in [2.05, 4.69) is 37.6 Å². The van der Waals surface area contributed by atoms with Crippen molar-refractivity contribution in [2.75, 3.05) is 36.4 Å². The van der Waals surface area contributed by atoms with Gasteiger partial charge in [0.15, 0.2) is 0 Å². The van der Waals surface area contributed by atoms with Gasteiger partial charge in [-0.25, -0.2) is 4.98 Å². The first-order valence-electron chi connectivity index (χ1n) is 10.00. The first-order chi connectivity index (χ1) is 14.3. The fourth-order valence-electron chi connectivity index (χ4n) is 3.41. The van der Waals surface area contributed by atoms with Gasteiger partial charge in [0.1, 0.15) is 11.5 Å². The molecule has 148 valence electrons. The van der Waals surface area contributed by atoms with Gasteiger partial charge < -0.3 is 15.5 Å². The van der Waals surface area contributed by atoms with Crippen LogP contribution < -0.4 is 15.5 Å². The molecule has 2 aromatic heterocycles. The summed E-state index contributed by atoms with van der Waals surface area (Å²) in [5, 5.41) is 6.72. The Bertz CT molecular complexity index is 952. The Morgan fingerprint density at radius 3 is 2.83 bits per heavy atom. The van der Waals surface area contributed by atoms with Gasteiger partial charge in [-0.15, -0.1) is 0 Å². The summed E-state index contributed by atoms with van der Waals surface area (Å²) in [7, 11) is 0. The lowest BCUT2D eigenvalue weighted by molar-refractivity contribution is 0.103. The van der Waals surface area contributed by atoms with Gasteiger partial charge in [-0.3, -0.25) is 9.78 Å². The molecular formula is C23H25N5O. The van der Waals surface area contributed by atoms with Crippen LogP contribution in [-0.2, 0) is 6.54 Å². The lowest BCUT2D eigenvalue weighted by Gasteiger charge is -2.21. The summed E-state index contributed by atoms with van der Waals surface area (Å²) >= 11 is 0. The van der Waals surface area contributed by atoms with Crippen molar-refractivity contribution in [1.29, 1.82) is 0 Å². The quantitative estimate of drug-likeness (QED) is 0.634. The molecule has 3 heterocycles. The normalized spacial score (nSPS) is 14.3. The monoisotopic (exact) mass is 387 g/mol. The first-order valence-corrected chi connectivity index (χ1v) is 10.00. The molecule has 6 heteroatoms. The zero-order valence-electron chi connectivity index (χ0n) is 16.3. The van der Waals surface area contributed by atoms with Crippen molar-refractivity contribution < 1.29 is 4.79 Å². The van der Waals surface area contributed by atoms with Gasteiger partial charge in [-0.05, 0) is 36.7 Å².